The van der Waals surface area contributed by atoms with Crippen LogP contribution in [0.2, 0.25) is 0 Å². The summed E-state index contributed by atoms with van der Waals surface area (Å²) in [7, 11) is 0. The Morgan fingerprint density at radius 1 is 1.35 bits per heavy atom. The number of hydrogen-bond acceptors (Lipinski definition) is 3. The zero-order valence-corrected chi connectivity index (χ0v) is 10.4. The monoisotopic (exact) mass is 233 g/mol. The molecule has 0 aliphatic carbocycles. The molecule has 4 nitrogen and oxygen atoms in total. The van der Waals surface area contributed by atoms with Crippen LogP contribution >= 0.6 is 0 Å². The summed E-state index contributed by atoms with van der Waals surface area (Å²) in [4.78, 5) is 7.64. The average Bonchev–Trinajstić information content (AvgIpc) is 2.70. The van der Waals surface area contributed by atoms with Gasteiger partial charge in [-0.3, -0.25) is 0 Å². The maximum absolute atomic E-state index is 5.49. The predicted molar refractivity (Wildman–Crippen MR) is 70.2 cm³/mol. The normalized spacial score (nSPS) is 11.2. The van der Waals surface area contributed by atoms with Crippen molar-refractivity contribution in [1.29, 1.82) is 0 Å². The Bertz CT molecular complexity index is 431. The molecule has 0 aliphatic rings. The number of aromatic amines is 1. The van der Waals surface area contributed by atoms with Crippen LogP contribution in [-0.4, -0.2) is 29.7 Å². The average molecular weight is 233 g/mol. The van der Waals surface area contributed by atoms with Gasteiger partial charge in [0.1, 0.15) is 0 Å². The number of benzene rings is 1. The molecule has 0 fully saturated rings. The number of anilines is 1. The Morgan fingerprint density at radius 2 is 2.18 bits per heavy atom. The van der Waals surface area contributed by atoms with Gasteiger partial charge in [0, 0.05) is 13.2 Å². The molecule has 0 aliphatic heterocycles. The summed E-state index contributed by atoms with van der Waals surface area (Å²) >= 11 is 0. The van der Waals surface area contributed by atoms with Crippen LogP contribution in [0, 0.1) is 5.92 Å². The van der Waals surface area contributed by atoms with Gasteiger partial charge >= 0.3 is 0 Å². The summed E-state index contributed by atoms with van der Waals surface area (Å²) in [6, 6.07) is 7.99. The summed E-state index contributed by atoms with van der Waals surface area (Å²) < 4.78 is 5.49. The first-order valence-corrected chi connectivity index (χ1v) is 6.02. The van der Waals surface area contributed by atoms with Gasteiger partial charge < -0.3 is 15.0 Å². The standard InChI is InChI=1S/C13H19N3O/c1-10(2)9-17-8-7-14-13-15-11-5-3-4-6-12(11)16-13/h3-6,10H,7-9H2,1-2H3,(H2,14,15,16). The number of aromatic nitrogens is 2. The Hall–Kier alpha value is -1.55. The molecule has 0 bridgehead atoms. The van der Waals surface area contributed by atoms with Crippen molar-refractivity contribution >= 4 is 17.0 Å². The lowest BCUT2D eigenvalue weighted by molar-refractivity contribution is 0.118. The highest BCUT2D eigenvalue weighted by molar-refractivity contribution is 5.77. The molecule has 0 atom stereocenters. The lowest BCUT2D eigenvalue weighted by atomic mass is 10.2. The third-order valence-electron chi connectivity index (χ3n) is 2.38. The maximum atomic E-state index is 5.49. The van der Waals surface area contributed by atoms with E-state index in [2.05, 4.69) is 29.1 Å². The van der Waals surface area contributed by atoms with Crippen LogP contribution in [0.15, 0.2) is 24.3 Å². The van der Waals surface area contributed by atoms with Crippen molar-refractivity contribution in [2.75, 3.05) is 25.1 Å². The Labute approximate surface area is 101 Å². The summed E-state index contributed by atoms with van der Waals surface area (Å²) in [5, 5.41) is 3.22. The highest BCUT2D eigenvalue weighted by atomic mass is 16.5. The van der Waals surface area contributed by atoms with Crippen LogP contribution in [0.25, 0.3) is 11.0 Å². The topological polar surface area (TPSA) is 49.9 Å². The number of rotatable bonds is 6. The second kappa shape index (κ2) is 5.68. The second-order valence-electron chi connectivity index (χ2n) is 4.50. The summed E-state index contributed by atoms with van der Waals surface area (Å²) in [6.45, 7) is 6.57. The van der Waals surface area contributed by atoms with E-state index in [1.54, 1.807) is 0 Å². The number of imidazole rings is 1. The van der Waals surface area contributed by atoms with Crippen molar-refractivity contribution in [2.45, 2.75) is 13.8 Å². The van der Waals surface area contributed by atoms with E-state index in [-0.39, 0.29) is 0 Å². The summed E-state index contributed by atoms with van der Waals surface area (Å²) in [5.74, 6) is 1.39. The van der Waals surface area contributed by atoms with E-state index in [1.807, 2.05) is 24.3 Å². The molecular weight excluding hydrogens is 214 g/mol. The fourth-order valence-corrected chi connectivity index (χ4v) is 1.60. The van der Waals surface area contributed by atoms with Crippen molar-refractivity contribution in [2.24, 2.45) is 5.92 Å². The zero-order valence-electron chi connectivity index (χ0n) is 10.4. The van der Waals surface area contributed by atoms with Gasteiger partial charge in [-0.15, -0.1) is 0 Å². The molecule has 2 aromatic rings. The molecule has 2 rings (SSSR count). The number of H-pyrrole nitrogens is 1. The minimum Gasteiger partial charge on any atom is -0.379 e. The number of nitrogens with zero attached hydrogens (tertiary/aromatic N) is 1. The Morgan fingerprint density at radius 3 is 2.94 bits per heavy atom. The third kappa shape index (κ3) is 3.46. The van der Waals surface area contributed by atoms with Gasteiger partial charge in [0.2, 0.25) is 5.95 Å². The van der Waals surface area contributed by atoms with Crippen molar-refractivity contribution in [3.8, 4) is 0 Å². The van der Waals surface area contributed by atoms with Crippen LogP contribution in [0.3, 0.4) is 0 Å². The molecule has 0 saturated carbocycles. The molecule has 2 N–H and O–H groups in total. The van der Waals surface area contributed by atoms with E-state index in [0.29, 0.717) is 12.5 Å². The van der Waals surface area contributed by atoms with Gasteiger partial charge in [-0.2, -0.15) is 0 Å². The van der Waals surface area contributed by atoms with Gasteiger partial charge in [-0.1, -0.05) is 26.0 Å². The highest BCUT2D eigenvalue weighted by Crippen LogP contribution is 2.12. The van der Waals surface area contributed by atoms with E-state index < -0.39 is 0 Å². The second-order valence-corrected chi connectivity index (χ2v) is 4.50. The van der Waals surface area contributed by atoms with Crippen molar-refractivity contribution in [1.82, 2.24) is 9.97 Å². The molecule has 0 unspecified atom stereocenters. The first kappa shape index (κ1) is 11.9. The Kier molecular flexibility index (Phi) is 3.98. The largest absolute Gasteiger partial charge is 0.379 e. The zero-order chi connectivity index (χ0) is 12.1. The van der Waals surface area contributed by atoms with E-state index in [1.165, 1.54) is 0 Å². The minimum atomic E-state index is 0.584. The molecule has 0 spiro atoms. The van der Waals surface area contributed by atoms with E-state index in [9.17, 15) is 0 Å². The smallest absolute Gasteiger partial charge is 0.201 e. The van der Waals surface area contributed by atoms with Crippen LogP contribution in [0.5, 0.6) is 0 Å². The first-order chi connectivity index (χ1) is 8.25. The van der Waals surface area contributed by atoms with E-state index in [4.69, 9.17) is 4.74 Å². The maximum Gasteiger partial charge on any atom is 0.201 e. The van der Waals surface area contributed by atoms with Crippen molar-refractivity contribution < 1.29 is 4.74 Å². The van der Waals surface area contributed by atoms with E-state index >= 15 is 0 Å². The molecule has 1 aromatic heterocycles. The molecule has 92 valence electrons. The summed E-state index contributed by atoms with van der Waals surface area (Å²) in [5.41, 5.74) is 2.04. The lowest BCUT2D eigenvalue weighted by Crippen LogP contribution is -2.12. The number of nitrogens with one attached hydrogen (secondary N) is 2. The third-order valence-corrected chi connectivity index (χ3v) is 2.38. The number of hydrogen-bond donors (Lipinski definition) is 2. The molecular formula is C13H19N3O. The van der Waals surface area contributed by atoms with Crippen LogP contribution in [0.1, 0.15) is 13.8 Å². The molecule has 4 heteroatoms. The van der Waals surface area contributed by atoms with Gasteiger partial charge in [-0.05, 0) is 18.1 Å². The van der Waals surface area contributed by atoms with Crippen molar-refractivity contribution in [3.63, 3.8) is 0 Å². The summed E-state index contributed by atoms with van der Waals surface area (Å²) in [6.07, 6.45) is 0. The molecule has 17 heavy (non-hydrogen) atoms. The fraction of sp³-hybridized carbons (Fsp3) is 0.462. The van der Waals surface area contributed by atoms with Crippen LogP contribution < -0.4 is 5.32 Å². The first-order valence-electron chi connectivity index (χ1n) is 6.02. The molecule has 1 aromatic carbocycles. The lowest BCUT2D eigenvalue weighted by Gasteiger charge is -2.06. The minimum absolute atomic E-state index is 0.584. The molecule has 0 amide bonds. The van der Waals surface area contributed by atoms with Crippen LogP contribution in [0.4, 0.5) is 5.95 Å². The number of ether oxygens (including phenoxy) is 1. The van der Waals surface area contributed by atoms with E-state index in [0.717, 1.165) is 30.1 Å². The Balaban J connectivity index is 1.79. The highest BCUT2D eigenvalue weighted by Gasteiger charge is 2.00. The predicted octanol–water partition coefficient (Wildman–Crippen LogP) is 2.65. The number of fused-ring (bicyclic) bond motifs is 1. The van der Waals surface area contributed by atoms with Gasteiger partial charge in [-0.25, -0.2) is 4.98 Å². The molecule has 0 radical (unpaired) electrons. The number of para-hydroxylation sites is 2. The van der Waals surface area contributed by atoms with Gasteiger partial charge in [0.25, 0.3) is 0 Å². The van der Waals surface area contributed by atoms with Crippen molar-refractivity contribution in [3.05, 3.63) is 24.3 Å². The van der Waals surface area contributed by atoms with Crippen LogP contribution in [-0.2, 0) is 4.74 Å². The van der Waals surface area contributed by atoms with Gasteiger partial charge in [0.15, 0.2) is 0 Å². The quantitative estimate of drug-likeness (QED) is 0.754. The fourth-order valence-electron chi connectivity index (χ4n) is 1.60. The SMILES string of the molecule is CC(C)COCCNc1nc2ccccc2[nH]1. The molecule has 0 saturated heterocycles. The molecule has 1 heterocycles. The van der Waals surface area contributed by atoms with Gasteiger partial charge in [0.05, 0.1) is 17.6 Å².